The lowest BCUT2D eigenvalue weighted by molar-refractivity contribution is -0.155. The van der Waals surface area contributed by atoms with Gasteiger partial charge in [-0.1, -0.05) is 47.1 Å². The van der Waals surface area contributed by atoms with Gasteiger partial charge < -0.3 is 4.74 Å². The first-order valence-corrected chi connectivity index (χ1v) is 14.0. The van der Waals surface area contributed by atoms with Gasteiger partial charge in [0.25, 0.3) is 0 Å². The number of rotatable bonds is 1. The number of carbonyl (C=O) groups is 3. The Morgan fingerprint density at radius 3 is 2.20 bits per heavy atom. The summed E-state index contributed by atoms with van der Waals surface area (Å²) < 4.78 is 5.31. The molecule has 4 heteroatoms. The molecule has 0 bridgehead atoms. The molecule has 4 aliphatic rings. The minimum absolute atomic E-state index is 0.0293. The fourth-order valence-corrected chi connectivity index (χ4v) is 8.84. The van der Waals surface area contributed by atoms with Gasteiger partial charge >= 0.3 is 5.97 Å². The number of ketones is 2. The van der Waals surface area contributed by atoms with Gasteiger partial charge in [0.15, 0.2) is 5.78 Å². The lowest BCUT2D eigenvalue weighted by Gasteiger charge is -2.64. The topological polar surface area (TPSA) is 60.4 Å². The van der Waals surface area contributed by atoms with Crippen molar-refractivity contribution in [3.8, 4) is 0 Å². The Kier molecular flexibility index (Phi) is 6.50. The van der Waals surface area contributed by atoms with Crippen molar-refractivity contribution in [2.75, 3.05) is 7.11 Å². The molecule has 0 aromatic carbocycles. The molecule has 4 aliphatic carbocycles. The van der Waals surface area contributed by atoms with E-state index in [0.717, 1.165) is 57.8 Å². The van der Waals surface area contributed by atoms with Gasteiger partial charge in [-0.25, -0.2) is 0 Å². The Bertz CT molecular complexity index is 946. The van der Waals surface area contributed by atoms with Crippen LogP contribution in [0.5, 0.6) is 0 Å². The first-order valence-electron chi connectivity index (χ1n) is 14.0. The van der Waals surface area contributed by atoms with Crippen LogP contribution in [0.25, 0.3) is 0 Å². The normalized spacial score (nSPS) is 45.9. The number of allylic oxidation sites excluding steroid dienone is 2. The maximum Gasteiger partial charge on any atom is 0.311 e. The minimum atomic E-state index is -0.537. The molecule has 35 heavy (non-hydrogen) atoms. The van der Waals surface area contributed by atoms with E-state index < -0.39 is 5.41 Å². The van der Waals surface area contributed by atoms with Gasteiger partial charge in [0, 0.05) is 18.3 Å². The molecule has 7 atom stereocenters. The second-order valence-electron chi connectivity index (χ2n) is 14.3. The second-order valence-corrected chi connectivity index (χ2v) is 14.3. The molecular formula is C31H48O4. The van der Waals surface area contributed by atoms with Crippen LogP contribution in [0.2, 0.25) is 0 Å². The van der Waals surface area contributed by atoms with E-state index in [-0.39, 0.29) is 45.2 Å². The fourth-order valence-electron chi connectivity index (χ4n) is 8.84. The van der Waals surface area contributed by atoms with Crippen LogP contribution in [0.3, 0.4) is 0 Å². The number of hydrogen-bond acceptors (Lipinski definition) is 4. The third-order valence-corrected chi connectivity index (χ3v) is 12.0. The summed E-state index contributed by atoms with van der Waals surface area (Å²) in [4.78, 5) is 39.6. The third-order valence-electron chi connectivity index (χ3n) is 12.0. The predicted molar refractivity (Wildman–Crippen MR) is 139 cm³/mol. The summed E-state index contributed by atoms with van der Waals surface area (Å²) in [5, 5.41) is 0. The number of fused-ring (bicyclic) bond motifs is 5. The van der Waals surface area contributed by atoms with Crippen LogP contribution in [0.4, 0.5) is 0 Å². The van der Waals surface area contributed by atoms with Gasteiger partial charge in [-0.15, -0.1) is 0 Å². The first kappa shape index (κ1) is 26.6. The van der Waals surface area contributed by atoms with Gasteiger partial charge in [-0.3, -0.25) is 14.4 Å². The maximum atomic E-state index is 14.0. The zero-order chi connectivity index (χ0) is 26.0. The number of Topliss-reactive ketones (excluding diaryl/α,β-unsaturated/α-hetero) is 1. The van der Waals surface area contributed by atoms with Crippen molar-refractivity contribution in [2.45, 2.75) is 113 Å². The SMILES string of the molecule is COC(=O)[C@@]1(C)CCC(C)(C)CCC2C(=O)C=C3[C@@]4(C)CCC(=O)[C@@H](C)[C@@H]4CC[C@@]3(C)[C@]2(C)CC1. The Labute approximate surface area is 213 Å². The highest BCUT2D eigenvalue weighted by molar-refractivity contribution is 5.95. The molecule has 4 nitrogen and oxygen atoms in total. The van der Waals surface area contributed by atoms with Crippen molar-refractivity contribution < 1.29 is 19.1 Å². The van der Waals surface area contributed by atoms with Crippen molar-refractivity contribution in [1.82, 2.24) is 0 Å². The Morgan fingerprint density at radius 2 is 1.54 bits per heavy atom. The van der Waals surface area contributed by atoms with E-state index in [2.05, 4.69) is 48.5 Å². The molecule has 0 radical (unpaired) electrons. The van der Waals surface area contributed by atoms with Crippen LogP contribution in [-0.4, -0.2) is 24.6 Å². The Morgan fingerprint density at radius 1 is 0.886 bits per heavy atom. The standard InChI is InChI=1S/C31H48O4/c1-20-21-10-14-31(7)25(29(21,5)13-11-23(20)32)19-24(33)22-9-12-27(2,3)15-16-28(4,26(34)35-8)17-18-30(22,31)6/h19-22H,9-18H2,1-8H3/t20-,21-,22?,28-,29-,30+,31+/m0/s1. The molecule has 0 amide bonds. The third kappa shape index (κ3) is 3.96. The van der Waals surface area contributed by atoms with E-state index in [4.69, 9.17) is 4.74 Å². The highest BCUT2D eigenvalue weighted by Gasteiger charge is 2.64. The Hall–Kier alpha value is -1.45. The quantitative estimate of drug-likeness (QED) is 0.372. The number of hydrogen-bond donors (Lipinski definition) is 0. The summed E-state index contributed by atoms with van der Waals surface area (Å²) in [6, 6.07) is 0. The zero-order valence-corrected chi connectivity index (χ0v) is 23.5. The zero-order valence-electron chi connectivity index (χ0n) is 23.5. The fraction of sp³-hybridized carbons (Fsp3) is 0.839. The molecule has 0 spiro atoms. The van der Waals surface area contributed by atoms with Crippen molar-refractivity contribution >= 4 is 17.5 Å². The molecular weight excluding hydrogens is 436 g/mol. The van der Waals surface area contributed by atoms with Crippen LogP contribution in [0, 0.1) is 44.8 Å². The van der Waals surface area contributed by atoms with Gasteiger partial charge in [-0.2, -0.15) is 0 Å². The van der Waals surface area contributed by atoms with Crippen molar-refractivity contribution in [2.24, 2.45) is 44.8 Å². The van der Waals surface area contributed by atoms with Crippen LogP contribution >= 0.6 is 0 Å². The molecule has 0 saturated heterocycles. The molecule has 0 aromatic rings. The summed E-state index contributed by atoms with van der Waals surface area (Å²) >= 11 is 0. The first-order chi connectivity index (χ1) is 16.1. The summed E-state index contributed by atoms with van der Waals surface area (Å²) in [5.74, 6) is 0.896. The molecule has 3 fully saturated rings. The predicted octanol–water partition coefficient (Wildman–Crippen LogP) is 7.10. The highest BCUT2D eigenvalue weighted by Crippen LogP contribution is 2.70. The molecule has 0 heterocycles. The molecule has 0 aromatic heterocycles. The lowest BCUT2D eigenvalue weighted by Crippen LogP contribution is -2.59. The van der Waals surface area contributed by atoms with Crippen LogP contribution in [-0.2, 0) is 19.1 Å². The van der Waals surface area contributed by atoms with Crippen molar-refractivity contribution in [3.05, 3.63) is 11.6 Å². The monoisotopic (exact) mass is 484 g/mol. The van der Waals surface area contributed by atoms with Gasteiger partial charge in [0.1, 0.15) is 5.78 Å². The summed E-state index contributed by atoms with van der Waals surface area (Å²) in [6.45, 7) is 15.9. The number of carbonyl (C=O) groups excluding carboxylic acids is 3. The van der Waals surface area contributed by atoms with Gasteiger partial charge in [-0.05, 0) is 98.4 Å². The largest absolute Gasteiger partial charge is 0.469 e. The van der Waals surface area contributed by atoms with Crippen LogP contribution in [0.15, 0.2) is 11.6 Å². The smallest absolute Gasteiger partial charge is 0.311 e. The summed E-state index contributed by atoms with van der Waals surface area (Å²) in [6.07, 6.45) is 10.8. The molecule has 0 N–H and O–H groups in total. The van der Waals surface area contributed by atoms with E-state index >= 15 is 0 Å². The molecule has 196 valence electrons. The molecule has 0 aliphatic heterocycles. The van der Waals surface area contributed by atoms with Gasteiger partial charge in [0.2, 0.25) is 0 Å². The minimum Gasteiger partial charge on any atom is -0.469 e. The van der Waals surface area contributed by atoms with E-state index in [1.807, 2.05) is 6.08 Å². The van der Waals surface area contributed by atoms with E-state index in [1.54, 1.807) is 0 Å². The summed E-state index contributed by atoms with van der Waals surface area (Å²) in [7, 11) is 1.50. The van der Waals surface area contributed by atoms with Crippen LogP contribution in [0.1, 0.15) is 113 Å². The number of esters is 1. The molecule has 4 rings (SSSR count). The number of methoxy groups -OCH3 is 1. The van der Waals surface area contributed by atoms with E-state index in [0.29, 0.717) is 18.1 Å². The number of ether oxygens (including phenoxy) is 1. The summed E-state index contributed by atoms with van der Waals surface area (Å²) in [5.41, 5.74) is 0.392. The average Bonchev–Trinajstić information content (AvgIpc) is 2.80. The van der Waals surface area contributed by atoms with Gasteiger partial charge in [0.05, 0.1) is 12.5 Å². The highest BCUT2D eigenvalue weighted by atomic mass is 16.5. The maximum absolute atomic E-state index is 14.0. The second kappa shape index (κ2) is 8.55. The molecule has 1 unspecified atom stereocenters. The van der Waals surface area contributed by atoms with Crippen molar-refractivity contribution in [1.29, 1.82) is 0 Å². The average molecular weight is 485 g/mol. The van der Waals surface area contributed by atoms with E-state index in [1.165, 1.54) is 12.7 Å². The van der Waals surface area contributed by atoms with E-state index in [9.17, 15) is 14.4 Å². The Balaban J connectivity index is 1.82. The lowest BCUT2D eigenvalue weighted by atomic mass is 9.39. The van der Waals surface area contributed by atoms with Crippen molar-refractivity contribution in [3.63, 3.8) is 0 Å². The van der Waals surface area contributed by atoms with Crippen LogP contribution < -0.4 is 0 Å². The molecule has 3 saturated carbocycles.